The lowest BCUT2D eigenvalue weighted by Gasteiger charge is -2.07. The summed E-state index contributed by atoms with van der Waals surface area (Å²) in [5.74, 6) is 0. The lowest BCUT2D eigenvalue weighted by atomic mass is 10.1. The number of nitro groups is 1. The van der Waals surface area contributed by atoms with Gasteiger partial charge in [0, 0.05) is 18.7 Å². The number of nitriles is 1. The largest absolute Gasteiger partial charge is 0.448 e. The minimum atomic E-state index is -0.888. The first-order valence-corrected chi connectivity index (χ1v) is 4.89. The number of ether oxygens (including phenoxy) is 1. The summed E-state index contributed by atoms with van der Waals surface area (Å²) < 4.78 is 4.48. The Morgan fingerprint density at radius 3 is 2.89 bits per heavy atom. The van der Waals surface area contributed by atoms with Gasteiger partial charge in [0.2, 0.25) is 0 Å². The molecular formula is C10H10N4O4. The Bertz CT molecular complexity index is 509. The van der Waals surface area contributed by atoms with E-state index in [4.69, 9.17) is 11.0 Å². The predicted molar refractivity (Wildman–Crippen MR) is 61.8 cm³/mol. The molecule has 0 fully saturated rings. The molecule has 8 heteroatoms. The number of amides is 1. The number of primary amides is 1. The second-order valence-electron chi connectivity index (χ2n) is 3.19. The van der Waals surface area contributed by atoms with Crippen LogP contribution >= 0.6 is 0 Å². The van der Waals surface area contributed by atoms with Crippen molar-refractivity contribution in [2.24, 2.45) is 5.73 Å². The van der Waals surface area contributed by atoms with E-state index in [9.17, 15) is 14.9 Å². The summed E-state index contributed by atoms with van der Waals surface area (Å²) in [6.07, 6.45) is -0.888. The molecule has 94 valence electrons. The number of non-ortho nitro benzene ring substituents is 1. The fourth-order valence-electron chi connectivity index (χ4n) is 1.23. The molecule has 0 bridgehead atoms. The van der Waals surface area contributed by atoms with Crippen molar-refractivity contribution >= 4 is 17.5 Å². The van der Waals surface area contributed by atoms with Crippen molar-refractivity contribution < 1.29 is 14.5 Å². The molecule has 1 aromatic rings. The van der Waals surface area contributed by atoms with Gasteiger partial charge in [-0.1, -0.05) is 0 Å². The van der Waals surface area contributed by atoms with Crippen LogP contribution in [0.2, 0.25) is 0 Å². The van der Waals surface area contributed by atoms with Crippen LogP contribution < -0.4 is 11.1 Å². The van der Waals surface area contributed by atoms with Crippen LogP contribution in [0.5, 0.6) is 0 Å². The monoisotopic (exact) mass is 250 g/mol. The van der Waals surface area contributed by atoms with E-state index in [0.29, 0.717) is 5.69 Å². The SMILES string of the molecule is N#Cc1cc([N+](=O)[O-])ccc1NCCOC(N)=O. The first kappa shape index (κ1) is 13.2. The van der Waals surface area contributed by atoms with Crippen LogP contribution in [0.3, 0.4) is 0 Å². The zero-order valence-electron chi connectivity index (χ0n) is 9.25. The summed E-state index contributed by atoms with van der Waals surface area (Å²) >= 11 is 0. The number of anilines is 1. The third-order valence-corrected chi connectivity index (χ3v) is 2.00. The Kier molecular flexibility index (Phi) is 4.45. The molecule has 0 unspecified atom stereocenters. The molecule has 1 aromatic carbocycles. The fraction of sp³-hybridized carbons (Fsp3) is 0.200. The van der Waals surface area contributed by atoms with Crippen molar-refractivity contribution in [3.05, 3.63) is 33.9 Å². The molecule has 0 radical (unpaired) electrons. The molecule has 0 atom stereocenters. The molecule has 3 N–H and O–H groups in total. The van der Waals surface area contributed by atoms with Crippen LogP contribution in [-0.2, 0) is 4.74 Å². The number of nitrogens with zero attached hydrogens (tertiary/aromatic N) is 2. The summed E-state index contributed by atoms with van der Waals surface area (Å²) in [7, 11) is 0. The number of benzene rings is 1. The van der Waals surface area contributed by atoms with Crippen LogP contribution in [0.1, 0.15) is 5.56 Å². The van der Waals surface area contributed by atoms with Crippen molar-refractivity contribution in [1.29, 1.82) is 5.26 Å². The summed E-state index contributed by atoms with van der Waals surface area (Å²) in [6, 6.07) is 5.70. The third-order valence-electron chi connectivity index (χ3n) is 2.00. The molecule has 0 saturated carbocycles. The normalized spacial score (nSPS) is 9.28. The zero-order chi connectivity index (χ0) is 13.5. The molecule has 0 aliphatic carbocycles. The van der Waals surface area contributed by atoms with Gasteiger partial charge in [0.25, 0.3) is 5.69 Å². The Morgan fingerprint density at radius 2 is 2.33 bits per heavy atom. The van der Waals surface area contributed by atoms with Crippen molar-refractivity contribution in [3.63, 3.8) is 0 Å². The third kappa shape index (κ3) is 3.64. The average molecular weight is 250 g/mol. The number of nitrogens with one attached hydrogen (secondary N) is 1. The Morgan fingerprint density at radius 1 is 1.61 bits per heavy atom. The molecule has 18 heavy (non-hydrogen) atoms. The number of rotatable bonds is 5. The van der Waals surface area contributed by atoms with Crippen molar-refractivity contribution in [2.45, 2.75) is 0 Å². The van der Waals surface area contributed by atoms with E-state index in [1.807, 2.05) is 6.07 Å². The first-order chi connectivity index (χ1) is 8.54. The number of hydrogen-bond donors (Lipinski definition) is 2. The summed E-state index contributed by atoms with van der Waals surface area (Å²) in [6.45, 7) is 0.284. The van der Waals surface area contributed by atoms with Gasteiger partial charge >= 0.3 is 6.09 Å². The van der Waals surface area contributed by atoms with Gasteiger partial charge in [0.1, 0.15) is 12.7 Å². The molecular weight excluding hydrogens is 240 g/mol. The molecule has 0 heterocycles. The second kappa shape index (κ2) is 6.05. The van der Waals surface area contributed by atoms with Gasteiger partial charge in [0.15, 0.2) is 0 Å². The van der Waals surface area contributed by atoms with E-state index in [1.165, 1.54) is 12.1 Å². The van der Waals surface area contributed by atoms with Gasteiger partial charge in [-0.15, -0.1) is 0 Å². The van der Waals surface area contributed by atoms with Crippen LogP contribution in [0.15, 0.2) is 18.2 Å². The van der Waals surface area contributed by atoms with E-state index in [0.717, 1.165) is 6.07 Å². The van der Waals surface area contributed by atoms with Gasteiger partial charge in [-0.25, -0.2) is 4.79 Å². The number of carbonyl (C=O) groups excluding carboxylic acids is 1. The molecule has 0 saturated heterocycles. The molecule has 0 aromatic heterocycles. The summed E-state index contributed by atoms with van der Waals surface area (Å²) in [5, 5.41) is 22.2. The maximum Gasteiger partial charge on any atom is 0.404 e. The lowest BCUT2D eigenvalue weighted by molar-refractivity contribution is -0.384. The van der Waals surface area contributed by atoms with E-state index in [1.54, 1.807) is 0 Å². The highest BCUT2D eigenvalue weighted by Gasteiger charge is 2.10. The standard InChI is InChI=1S/C10H10N4O4/c11-6-7-5-8(14(16)17)1-2-9(7)13-3-4-18-10(12)15/h1-2,5,13H,3-4H2,(H2,12,15). The molecule has 1 rings (SSSR count). The quantitative estimate of drug-likeness (QED) is 0.454. The van der Waals surface area contributed by atoms with Crippen LogP contribution in [-0.4, -0.2) is 24.2 Å². The smallest absolute Gasteiger partial charge is 0.404 e. The Hall–Kier alpha value is -2.82. The maximum atomic E-state index is 10.5. The van der Waals surface area contributed by atoms with Gasteiger partial charge in [-0.05, 0) is 6.07 Å². The maximum absolute atomic E-state index is 10.5. The number of nitrogens with two attached hydrogens (primary N) is 1. The minimum Gasteiger partial charge on any atom is -0.448 e. The van der Waals surface area contributed by atoms with Crippen LogP contribution in [0.25, 0.3) is 0 Å². The number of nitro benzene ring substituents is 1. The predicted octanol–water partition coefficient (Wildman–Crippen LogP) is 0.974. The van der Waals surface area contributed by atoms with Gasteiger partial charge < -0.3 is 15.8 Å². The number of hydrogen-bond acceptors (Lipinski definition) is 6. The Labute approximate surface area is 102 Å². The minimum absolute atomic E-state index is 0.0389. The van der Waals surface area contributed by atoms with E-state index in [2.05, 4.69) is 10.1 Å². The van der Waals surface area contributed by atoms with Gasteiger partial charge in [0.05, 0.1) is 16.2 Å². The van der Waals surface area contributed by atoms with E-state index in [-0.39, 0.29) is 24.4 Å². The molecule has 0 aliphatic heterocycles. The van der Waals surface area contributed by atoms with Crippen molar-refractivity contribution in [2.75, 3.05) is 18.5 Å². The molecule has 1 amide bonds. The average Bonchev–Trinajstić information content (AvgIpc) is 2.34. The highest BCUT2D eigenvalue weighted by atomic mass is 16.6. The zero-order valence-corrected chi connectivity index (χ0v) is 9.25. The van der Waals surface area contributed by atoms with Crippen LogP contribution in [0, 0.1) is 21.4 Å². The van der Waals surface area contributed by atoms with Crippen LogP contribution in [0.4, 0.5) is 16.2 Å². The number of carbonyl (C=O) groups is 1. The van der Waals surface area contributed by atoms with Crippen molar-refractivity contribution in [1.82, 2.24) is 0 Å². The molecule has 0 aliphatic rings. The van der Waals surface area contributed by atoms with Gasteiger partial charge in [-0.2, -0.15) is 5.26 Å². The van der Waals surface area contributed by atoms with E-state index < -0.39 is 11.0 Å². The molecule has 0 spiro atoms. The van der Waals surface area contributed by atoms with Gasteiger partial charge in [-0.3, -0.25) is 10.1 Å². The Balaban J connectivity index is 2.69. The summed E-state index contributed by atoms with van der Waals surface area (Å²) in [5.41, 5.74) is 5.17. The topological polar surface area (TPSA) is 131 Å². The molecule has 8 nitrogen and oxygen atoms in total. The fourth-order valence-corrected chi connectivity index (χ4v) is 1.23. The first-order valence-electron chi connectivity index (χ1n) is 4.89. The van der Waals surface area contributed by atoms with Crippen molar-refractivity contribution in [3.8, 4) is 6.07 Å². The lowest BCUT2D eigenvalue weighted by Crippen LogP contribution is -2.18. The summed E-state index contributed by atoms with van der Waals surface area (Å²) in [4.78, 5) is 20.2. The van der Waals surface area contributed by atoms with E-state index >= 15 is 0 Å². The highest BCUT2D eigenvalue weighted by molar-refractivity contribution is 5.64. The second-order valence-corrected chi connectivity index (χ2v) is 3.19. The highest BCUT2D eigenvalue weighted by Crippen LogP contribution is 2.20.